The molecule has 1 aromatic rings. The number of nitrogens with one attached hydrogen (secondary N) is 2. The lowest BCUT2D eigenvalue weighted by Crippen LogP contribution is -2.42. The van der Waals surface area contributed by atoms with Crippen LogP contribution in [-0.2, 0) is 11.3 Å². The van der Waals surface area contributed by atoms with Crippen LogP contribution in [0.2, 0.25) is 0 Å². The lowest BCUT2D eigenvalue weighted by atomic mass is 9.93. The first-order valence-electron chi connectivity index (χ1n) is 11.0. The normalized spacial score (nSPS) is 17.5. The minimum Gasteiger partial charge on any atom is -0.389 e. The van der Waals surface area contributed by atoms with Crippen LogP contribution in [0.4, 0.5) is 13.2 Å². The molecule has 1 aliphatic heterocycles. The Morgan fingerprint density at radius 3 is 2.58 bits per heavy atom. The molecule has 1 heterocycles. The molecule has 0 aliphatic carbocycles. The van der Waals surface area contributed by atoms with Crippen molar-refractivity contribution in [1.29, 1.82) is 0 Å². The molecule has 0 aromatic heterocycles. The molecule has 9 heteroatoms. The van der Waals surface area contributed by atoms with Gasteiger partial charge in [-0.25, -0.2) is 0 Å². The number of halogens is 3. The van der Waals surface area contributed by atoms with Crippen LogP contribution in [-0.4, -0.2) is 74.1 Å². The number of benzene rings is 1. The molecular weight excluding hydrogens is 409 g/mol. The Morgan fingerprint density at radius 2 is 1.94 bits per heavy atom. The fraction of sp³-hybridized carbons (Fsp3) is 0.682. The van der Waals surface area contributed by atoms with E-state index in [1.165, 1.54) is 4.90 Å². The summed E-state index contributed by atoms with van der Waals surface area (Å²) in [7, 11) is 0. The lowest BCUT2D eigenvalue weighted by Gasteiger charge is -2.32. The first-order chi connectivity index (χ1) is 14.9. The number of nitrogens with zero attached hydrogens (tertiary/aromatic N) is 2. The number of guanidine groups is 1. The number of alkyl halides is 3. The van der Waals surface area contributed by atoms with E-state index in [1.807, 2.05) is 37.3 Å². The minimum absolute atomic E-state index is 0.203. The minimum atomic E-state index is -4.12. The van der Waals surface area contributed by atoms with Crippen molar-refractivity contribution in [1.82, 2.24) is 15.5 Å². The van der Waals surface area contributed by atoms with Gasteiger partial charge in [-0.2, -0.15) is 13.2 Å². The van der Waals surface area contributed by atoms with Crippen LogP contribution in [0.5, 0.6) is 0 Å². The lowest BCUT2D eigenvalue weighted by molar-refractivity contribution is -0.148. The van der Waals surface area contributed by atoms with E-state index in [2.05, 4.69) is 15.6 Å². The molecule has 0 amide bonds. The zero-order chi connectivity index (χ0) is 22.5. The molecule has 1 unspecified atom stereocenters. The zero-order valence-electron chi connectivity index (χ0n) is 18.2. The molecular formula is C22H35F3N4O2. The number of likely N-dealkylation sites (tertiary alicyclic amines) is 1. The summed E-state index contributed by atoms with van der Waals surface area (Å²) in [4.78, 5) is 5.89. The first kappa shape index (κ1) is 25.4. The summed E-state index contributed by atoms with van der Waals surface area (Å²) in [6, 6.07) is 9.77. The van der Waals surface area contributed by atoms with Crippen molar-refractivity contribution in [2.24, 2.45) is 10.9 Å². The fourth-order valence-electron chi connectivity index (χ4n) is 3.56. The third-order valence-electron chi connectivity index (χ3n) is 5.18. The Bertz CT molecular complexity index is 635. The molecule has 176 valence electrons. The van der Waals surface area contributed by atoms with Gasteiger partial charge in [0.1, 0.15) is 0 Å². The Hall–Kier alpha value is -1.84. The maximum Gasteiger partial charge on any atom is 0.401 e. The number of ether oxygens (including phenoxy) is 1. The van der Waals surface area contributed by atoms with Gasteiger partial charge in [0.25, 0.3) is 0 Å². The SMILES string of the molecule is CCNC(=NCC(O)COCc1ccccc1)NCCC1CCN(CC(F)(F)F)CC1. The summed E-state index contributed by atoms with van der Waals surface area (Å²) in [6.45, 7) is 4.40. The number of aliphatic hydroxyl groups is 1. The van der Waals surface area contributed by atoms with E-state index < -0.39 is 18.8 Å². The molecule has 6 nitrogen and oxygen atoms in total. The molecule has 1 saturated heterocycles. The Labute approximate surface area is 182 Å². The number of aliphatic hydroxyl groups excluding tert-OH is 1. The van der Waals surface area contributed by atoms with E-state index in [4.69, 9.17) is 4.74 Å². The van der Waals surface area contributed by atoms with Gasteiger partial charge < -0.3 is 20.5 Å². The van der Waals surface area contributed by atoms with Crippen molar-refractivity contribution in [3.63, 3.8) is 0 Å². The van der Waals surface area contributed by atoms with Crippen LogP contribution >= 0.6 is 0 Å². The van der Waals surface area contributed by atoms with Crippen LogP contribution in [0, 0.1) is 5.92 Å². The highest BCUT2D eigenvalue weighted by Crippen LogP contribution is 2.23. The number of hydrogen-bond acceptors (Lipinski definition) is 4. The van der Waals surface area contributed by atoms with E-state index in [0.717, 1.165) is 24.8 Å². The van der Waals surface area contributed by atoms with Gasteiger partial charge in [0.15, 0.2) is 5.96 Å². The summed E-state index contributed by atoms with van der Waals surface area (Å²) in [6.07, 6.45) is -2.38. The number of piperidine rings is 1. The monoisotopic (exact) mass is 444 g/mol. The van der Waals surface area contributed by atoms with Crippen molar-refractivity contribution in [3.05, 3.63) is 35.9 Å². The molecule has 2 rings (SSSR count). The molecule has 3 N–H and O–H groups in total. The van der Waals surface area contributed by atoms with E-state index in [-0.39, 0.29) is 13.2 Å². The highest BCUT2D eigenvalue weighted by Gasteiger charge is 2.32. The van der Waals surface area contributed by atoms with Crippen molar-refractivity contribution < 1.29 is 23.0 Å². The molecule has 0 spiro atoms. The van der Waals surface area contributed by atoms with E-state index >= 15 is 0 Å². The second kappa shape index (κ2) is 13.5. The number of aliphatic imine (C=N–C) groups is 1. The maximum absolute atomic E-state index is 12.5. The average Bonchev–Trinajstić information content (AvgIpc) is 2.73. The van der Waals surface area contributed by atoms with Crippen LogP contribution < -0.4 is 10.6 Å². The Morgan fingerprint density at radius 1 is 1.23 bits per heavy atom. The van der Waals surface area contributed by atoms with Gasteiger partial charge in [-0.15, -0.1) is 0 Å². The first-order valence-corrected chi connectivity index (χ1v) is 11.0. The summed E-state index contributed by atoms with van der Waals surface area (Å²) < 4.78 is 43.0. The molecule has 1 fully saturated rings. The standard InChI is InChI=1S/C22H35F3N4O2/c1-2-26-21(28-14-20(30)16-31-15-19-6-4-3-5-7-19)27-11-8-18-9-12-29(13-10-18)17-22(23,24)25/h3-7,18,20,30H,2,8-17H2,1H3,(H2,26,27,28). The molecule has 0 saturated carbocycles. The third kappa shape index (κ3) is 11.4. The van der Waals surface area contributed by atoms with Crippen molar-refractivity contribution in [3.8, 4) is 0 Å². The highest BCUT2D eigenvalue weighted by atomic mass is 19.4. The van der Waals surface area contributed by atoms with Crippen LogP contribution in [0.3, 0.4) is 0 Å². The molecule has 31 heavy (non-hydrogen) atoms. The van der Waals surface area contributed by atoms with E-state index in [0.29, 0.717) is 44.7 Å². The number of rotatable bonds is 11. The van der Waals surface area contributed by atoms with Crippen LogP contribution in [0.25, 0.3) is 0 Å². The molecule has 1 aliphatic rings. The zero-order valence-corrected chi connectivity index (χ0v) is 18.2. The predicted molar refractivity (Wildman–Crippen MR) is 116 cm³/mol. The summed E-state index contributed by atoms with van der Waals surface area (Å²) in [5.74, 6) is 1.04. The second-order valence-electron chi connectivity index (χ2n) is 7.92. The smallest absolute Gasteiger partial charge is 0.389 e. The van der Waals surface area contributed by atoms with Gasteiger partial charge in [0, 0.05) is 13.1 Å². The molecule has 1 aromatic carbocycles. The Balaban J connectivity index is 1.63. The van der Waals surface area contributed by atoms with Gasteiger partial charge >= 0.3 is 6.18 Å². The Kier molecular flexibility index (Phi) is 11.1. The topological polar surface area (TPSA) is 69.1 Å². The summed E-state index contributed by atoms with van der Waals surface area (Å²) >= 11 is 0. The van der Waals surface area contributed by atoms with E-state index in [9.17, 15) is 18.3 Å². The second-order valence-corrected chi connectivity index (χ2v) is 7.92. The van der Waals surface area contributed by atoms with Crippen LogP contribution in [0.15, 0.2) is 35.3 Å². The predicted octanol–water partition coefficient (Wildman–Crippen LogP) is 2.78. The van der Waals surface area contributed by atoms with Gasteiger partial charge in [-0.05, 0) is 50.8 Å². The van der Waals surface area contributed by atoms with Crippen molar-refractivity contribution in [2.75, 3.05) is 45.9 Å². The maximum atomic E-state index is 12.5. The quantitative estimate of drug-likeness (QED) is 0.362. The van der Waals surface area contributed by atoms with Gasteiger partial charge in [0.2, 0.25) is 0 Å². The highest BCUT2D eigenvalue weighted by molar-refractivity contribution is 5.79. The van der Waals surface area contributed by atoms with Crippen molar-refractivity contribution >= 4 is 5.96 Å². The fourth-order valence-corrected chi connectivity index (χ4v) is 3.56. The average molecular weight is 445 g/mol. The molecule has 0 radical (unpaired) electrons. The van der Waals surface area contributed by atoms with Gasteiger partial charge in [-0.1, -0.05) is 30.3 Å². The molecule has 0 bridgehead atoms. The van der Waals surface area contributed by atoms with Gasteiger partial charge in [-0.3, -0.25) is 9.89 Å². The van der Waals surface area contributed by atoms with E-state index in [1.54, 1.807) is 0 Å². The summed E-state index contributed by atoms with van der Waals surface area (Å²) in [5.41, 5.74) is 1.05. The third-order valence-corrected chi connectivity index (χ3v) is 5.18. The van der Waals surface area contributed by atoms with Gasteiger partial charge in [0.05, 0.1) is 32.4 Å². The van der Waals surface area contributed by atoms with Crippen LogP contribution in [0.1, 0.15) is 31.7 Å². The van der Waals surface area contributed by atoms with Crippen molar-refractivity contribution in [2.45, 2.75) is 45.1 Å². The largest absolute Gasteiger partial charge is 0.401 e. The number of hydrogen-bond donors (Lipinski definition) is 3. The summed E-state index contributed by atoms with van der Waals surface area (Å²) in [5, 5.41) is 16.5. The molecule has 1 atom stereocenters.